The molecule has 0 aliphatic carbocycles. The fourth-order valence-electron chi connectivity index (χ4n) is 0.192. The molecule has 0 saturated carbocycles. The molecule has 2 nitrogen and oxygen atoms in total. The molecule has 0 aliphatic rings. The first-order valence-electron chi connectivity index (χ1n) is 4.07. The maximum absolute atomic E-state index is 8.37. The van der Waals surface area contributed by atoms with Crippen LogP contribution < -0.4 is 0 Å². The largest absolute Gasteiger partial charge is 0.509 e. The van der Waals surface area contributed by atoms with Gasteiger partial charge in [0.05, 0.1) is 0 Å². The average Bonchev–Trinajstić information content (AvgIpc) is 2.08. The zero-order valence-electron chi connectivity index (χ0n) is 8.46. The molecule has 0 saturated heterocycles. The van der Waals surface area contributed by atoms with E-state index in [-0.39, 0.29) is 11.5 Å². The lowest BCUT2D eigenvalue weighted by atomic mass is 10.4. The molecule has 0 heterocycles. The number of rotatable bonds is 2. The zero-order valence-corrected chi connectivity index (χ0v) is 8.46. The summed E-state index contributed by atoms with van der Waals surface area (Å²) in [5, 5.41) is 16.7. The number of allylic oxidation sites excluding steroid dienone is 2. The van der Waals surface area contributed by atoms with Gasteiger partial charge >= 0.3 is 0 Å². The standard InChI is InChI=1S/C6H8O2.2C2H6/c1-5(7)3-4-6(2)8;2*1-2/h3-4,7-8H,1-2H2;2*1-2H3/b4-3-;;. The smallest absolute Gasteiger partial charge is 0.108 e. The van der Waals surface area contributed by atoms with Gasteiger partial charge in [-0.1, -0.05) is 40.9 Å². The van der Waals surface area contributed by atoms with Crippen LogP contribution in [-0.2, 0) is 0 Å². The SMILES string of the molecule is C=C(O)/C=C\C(=C)O.CC.CC. The van der Waals surface area contributed by atoms with Crippen LogP contribution >= 0.6 is 0 Å². The van der Waals surface area contributed by atoms with E-state index in [4.69, 9.17) is 10.2 Å². The highest BCUT2D eigenvalue weighted by Crippen LogP contribution is 1.89. The van der Waals surface area contributed by atoms with E-state index in [2.05, 4.69) is 13.2 Å². The molecule has 0 unspecified atom stereocenters. The van der Waals surface area contributed by atoms with Gasteiger partial charge in [0.25, 0.3) is 0 Å². The van der Waals surface area contributed by atoms with Crippen LogP contribution in [0.5, 0.6) is 0 Å². The molecular weight excluding hydrogens is 152 g/mol. The van der Waals surface area contributed by atoms with Crippen molar-refractivity contribution in [2.45, 2.75) is 27.7 Å². The van der Waals surface area contributed by atoms with Gasteiger partial charge in [0, 0.05) is 0 Å². The fraction of sp³-hybridized carbons (Fsp3) is 0.400. The molecule has 0 radical (unpaired) electrons. The molecule has 0 fully saturated rings. The monoisotopic (exact) mass is 172 g/mol. The van der Waals surface area contributed by atoms with Crippen molar-refractivity contribution < 1.29 is 10.2 Å². The van der Waals surface area contributed by atoms with Gasteiger partial charge in [0.1, 0.15) is 11.5 Å². The molecule has 0 aromatic carbocycles. The summed E-state index contributed by atoms with van der Waals surface area (Å²) in [6.45, 7) is 14.3. The van der Waals surface area contributed by atoms with Crippen LogP contribution in [-0.4, -0.2) is 10.2 Å². The summed E-state index contributed by atoms with van der Waals surface area (Å²) in [7, 11) is 0. The number of hydrogen-bond acceptors (Lipinski definition) is 2. The lowest BCUT2D eigenvalue weighted by molar-refractivity contribution is 0.425. The molecule has 0 rings (SSSR count). The third kappa shape index (κ3) is 37.0. The third-order valence-corrected chi connectivity index (χ3v) is 0.468. The second kappa shape index (κ2) is 16.4. The van der Waals surface area contributed by atoms with E-state index in [1.54, 1.807) is 0 Å². The summed E-state index contributed by atoms with van der Waals surface area (Å²) in [6, 6.07) is 0. The van der Waals surface area contributed by atoms with Crippen LogP contribution in [0.2, 0.25) is 0 Å². The minimum absolute atomic E-state index is 0.0970. The molecule has 0 bridgehead atoms. The molecule has 2 heteroatoms. The molecule has 2 N–H and O–H groups in total. The first-order valence-corrected chi connectivity index (χ1v) is 4.07. The number of aliphatic hydroxyl groups is 2. The lowest BCUT2D eigenvalue weighted by Gasteiger charge is -1.83. The second-order valence-electron chi connectivity index (χ2n) is 1.32. The number of aliphatic hydroxyl groups excluding tert-OH is 2. The number of hydrogen-bond donors (Lipinski definition) is 2. The highest BCUT2D eigenvalue weighted by atomic mass is 16.3. The molecule has 0 amide bonds. The Morgan fingerprint density at radius 1 is 0.833 bits per heavy atom. The van der Waals surface area contributed by atoms with Crippen molar-refractivity contribution in [2.75, 3.05) is 0 Å². The van der Waals surface area contributed by atoms with Crippen LogP contribution in [0, 0.1) is 0 Å². The van der Waals surface area contributed by atoms with Crippen LogP contribution in [0.4, 0.5) is 0 Å². The van der Waals surface area contributed by atoms with Gasteiger partial charge in [-0.3, -0.25) is 0 Å². The molecule has 0 aliphatic heterocycles. The van der Waals surface area contributed by atoms with Crippen molar-refractivity contribution in [3.8, 4) is 0 Å². The van der Waals surface area contributed by atoms with Crippen molar-refractivity contribution >= 4 is 0 Å². The van der Waals surface area contributed by atoms with Crippen molar-refractivity contribution in [2.24, 2.45) is 0 Å². The average molecular weight is 172 g/mol. The van der Waals surface area contributed by atoms with E-state index in [1.165, 1.54) is 12.2 Å². The van der Waals surface area contributed by atoms with Crippen LogP contribution in [0.25, 0.3) is 0 Å². The summed E-state index contributed by atoms with van der Waals surface area (Å²) >= 11 is 0. The first kappa shape index (κ1) is 17.1. The van der Waals surface area contributed by atoms with Gasteiger partial charge in [-0.25, -0.2) is 0 Å². The summed E-state index contributed by atoms with van der Waals surface area (Å²) in [5.74, 6) is -0.194. The van der Waals surface area contributed by atoms with E-state index in [1.807, 2.05) is 27.7 Å². The first-order chi connectivity index (χ1) is 5.63. The Hall–Kier alpha value is -1.18. The fourth-order valence-corrected chi connectivity index (χ4v) is 0.192. The summed E-state index contributed by atoms with van der Waals surface area (Å²) in [6.07, 6.45) is 2.50. The maximum atomic E-state index is 8.37. The summed E-state index contributed by atoms with van der Waals surface area (Å²) < 4.78 is 0. The minimum atomic E-state index is -0.0970. The molecule has 12 heavy (non-hydrogen) atoms. The van der Waals surface area contributed by atoms with Gasteiger partial charge < -0.3 is 10.2 Å². The highest BCUT2D eigenvalue weighted by molar-refractivity contribution is 5.14. The third-order valence-electron chi connectivity index (χ3n) is 0.468. The topological polar surface area (TPSA) is 40.5 Å². The van der Waals surface area contributed by atoms with Crippen molar-refractivity contribution in [3.05, 3.63) is 36.8 Å². The maximum Gasteiger partial charge on any atom is 0.108 e. The van der Waals surface area contributed by atoms with Gasteiger partial charge in [-0.15, -0.1) is 0 Å². The lowest BCUT2D eigenvalue weighted by Crippen LogP contribution is -1.70. The molecule has 0 atom stereocenters. The Balaban J connectivity index is -0.000000175. The van der Waals surface area contributed by atoms with E-state index in [0.29, 0.717) is 0 Å². The summed E-state index contributed by atoms with van der Waals surface area (Å²) in [5.41, 5.74) is 0. The molecule has 0 aromatic heterocycles. The van der Waals surface area contributed by atoms with Gasteiger partial charge in [-0.05, 0) is 12.2 Å². The van der Waals surface area contributed by atoms with Gasteiger partial charge in [0.2, 0.25) is 0 Å². The Morgan fingerprint density at radius 2 is 1.00 bits per heavy atom. The Morgan fingerprint density at radius 3 is 1.08 bits per heavy atom. The van der Waals surface area contributed by atoms with Crippen LogP contribution in [0.15, 0.2) is 36.8 Å². The van der Waals surface area contributed by atoms with Gasteiger partial charge in [0.15, 0.2) is 0 Å². The van der Waals surface area contributed by atoms with E-state index in [0.717, 1.165) is 0 Å². The van der Waals surface area contributed by atoms with Crippen LogP contribution in [0.3, 0.4) is 0 Å². The highest BCUT2D eigenvalue weighted by Gasteiger charge is 1.76. The summed E-state index contributed by atoms with van der Waals surface area (Å²) in [4.78, 5) is 0. The second-order valence-corrected chi connectivity index (χ2v) is 1.32. The minimum Gasteiger partial charge on any atom is -0.509 e. The zero-order chi connectivity index (χ0) is 10.6. The van der Waals surface area contributed by atoms with E-state index >= 15 is 0 Å². The Labute approximate surface area is 75.6 Å². The quantitative estimate of drug-likeness (QED) is 0.492. The van der Waals surface area contributed by atoms with Gasteiger partial charge in [-0.2, -0.15) is 0 Å². The molecule has 0 spiro atoms. The van der Waals surface area contributed by atoms with Crippen molar-refractivity contribution in [1.29, 1.82) is 0 Å². The van der Waals surface area contributed by atoms with Crippen molar-refractivity contribution in [1.82, 2.24) is 0 Å². The molecule has 0 aromatic rings. The predicted octanol–water partition coefficient (Wildman–Crippen LogP) is 3.74. The van der Waals surface area contributed by atoms with E-state index < -0.39 is 0 Å². The van der Waals surface area contributed by atoms with Crippen LogP contribution in [0.1, 0.15) is 27.7 Å². The predicted molar refractivity (Wildman–Crippen MR) is 55.4 cm³/mol. The Bertz CT molecular complexity index is 119. The normalized spacial score (nSPS) is 7.33. The molecular formula is C10H20O2. The molecule has 72 valence electrons. The van der Waals surface area contributed by atoms with Crippen molar-refractivity contribution in [3.63, 3.8) is 0 Å². The Kier molecular flexibility index (Phi) is 23.4. The van der Waals surface area contributed by atoms with E-state index in [9.17, 15) is 0 Å².